The lowest BCUT2D eigenvalue weighted by Gasteiger charge is -2.27. The number of carboxylic acids is 1. The van der Waals surface area contributed by atoms with E-state index in [0.29, 0.717) is 25.9 Å². The zero-order chi connectivity index (χ0) is 15.5. The molecule has 0 bridgehead atoms. The van der Waals surface area contributed by atoms with E-state index in [1.165, 1.54) is 0 Å². The summed E-state index contributed by atoms with van der Waals surface area (Å²) in [6, 6.07) is 3.88. The van der Waals surface area contributed by atoms with Gasteiger partial charge in [0, 0.05) is 13.1 Å². The molecule has 1 aliphatic heterocycles. The summed E-state index contributed by atoms with van der Waals surface area (Å²) in [5.74, 6) is 0.698. The molecule has 0 aliphatic carbocycles. The van der Waals surface area contributed by atoms with Crippen LogP contribution in [0, 0.1) is 5.41 Å². The first-order valence-electron chi connectivity index (χ1n) is 7.04. The second kappa shape index (κ2) is 6.66. The predicted octanol–water partition coefficient (Wildman–Crippen LogP) is 3.16. The molecule has 0 fully saturated rings. The summed E-state index contributed by atoms with van der Waals surface area (Å²) < 4.78 is 11.6. The van der Waals surface area contributed by atoms with Gasteiger partial charge in [-0.05, 0) is 46.5 Å². The van der Waals surface area contributed by atoms with Gasteiger partial charge in [0.1, 0.15) is 0 Å². The minimum atomic E-state index is -0.744. The second-order valence-electron chi connectivity index (χ2n) is 5.21. The van der Waals surface area contributed by atoms with E-state index in [4.69, 9.17) is 9.47 Å². The zero-order valence-corrected chi connectivity index (χ0v) is 13.8. The highest BCUT2D eigenvalue weighted by Crippen LogP contribution is 2.40. The molecule has 0 aromatic heterocycles. The fourth-order valence-electron chi connectivity index (χ4n) is 2.45. The Balaban J connectivity index is 2.01. The molecule has 21 heavy (non-hydrogen) atoms. The van der Waals surface area contributed by atoms with E-state index in [0.717, 1.165) is 21.5 Å². The molecule has 0 amide bonds. The van der Waals surface area contributed by atoms with Crippen LogP contribution in [0.25, 0.3) is 0 Å². The van der Waals surface area contributed by atoms with E-state index in [1.54, 1.807) is 0 Å². The van der Waals surface area contributed by atoms with E-state index in [2.05, 4.69) is 21.2 Å². The molecule has 1 aromatic carbocycles. The van der Waals surface area contributed by atoms with Gasteiger partial charge < -0.3 is 19.9 Å². The molecule has 2 rings (SSSR count). The standard InChI is InChI=1S/C15H20BrNO4/c1-3-15(4-2,14(18)19)8-17-7-10-5-11(16)13-12(6-10)20-9-21-13/h5-6,17H,3-4,7-9H2,1-2H3,(H,18,19). The van der Waals surface area contributed by atoms with Gasteiger partial charge in [0.15, 0.2) is 11.5 Å². The minimum Gasteiger partial charge on any atom is -0.481 e. The van der Waals surface area contributed by atoms with Crippen LogP contribution in [0.3, 0.4) is 0 Å². The van der Waals surface area contributed by atoms with Crippen molar-refractivity contribution in [1.82, 2.24) is 5.32 Å². The molecule has 116 valence electrons. The van der Waals surface area contributed by atoms with Crippen LogP contribution in [0.5, 0.6) is 11.5 Å². The van der Waals surface area contributed by atoms with Crippen molar-refractivity contribution in [3.05, 3.63) is 22.2 Å². The van der Waals surface area contributed by atoms with Gasteiger partial charge in [-0.3, -0.25) is 4.79 Å². The van der Waals surface area contributed by atoms with E-state index >= 15 is 0 Å². The number of rotatable bonds is 7. The number of hydrogen-bond acceptors (Lipinski definition) is 4. The van der Waals surface area contributed by atoms with Crippen LogP contribution in [0.4, 0.5) is 0 Å². The van der Waals surface area contributed by atoms with Crippen molar-refractivity contribution in [2.75, 3.05) is 13.3 Å². The zero-order valence-electron chi connectivity index (χ0n) is 12.2. The van der Waals surface area contributed by atoms with Gasteiger partial charge in [0.05, 0.1) is 9.89 Å². The molecule has 1 aliphatic rings. The SMILES string of the molecule is CCC(CC)(CNCc1cc(Br)c2c(c1)OCO2)C(=O)O. The second-order valence-corrected chi connectivity index (χ2v) is 6.06. The monoisotopic (exact) mass is 357 g/mol. The van der Waals surface area contributed by atoms with Crippen LogP contribution in [0.1, 0.15) is 32.3 Å². The Morgan fingerprint density at radius 3 is 2.71 bits per heavy atom. The molecule has 0 saturated heterocycles. The smallest absolute Gasteiger partial charge is 0.310 e. The van der Waals surface area contributed by atoms with Crippen molar-refractivity contribution in [3.63, 3.8) is 0 Å². The van der Waals surface area contributed by atoms with Crippen LogP contribution < -0.4 is 14.8 Å². The van der Waals surface area contributed by atoms with Crippen LogP contribution >= 0.6 is 15.9 Å². The maximum absolute atomic E-state index is 11.4. The van der Waals surface area contributed by atoms with E-state index < -0.39 is 11.4 Å². The van der Waals surface area contributed by atoms with Crippen LogP contribution in [0.2, 0.25) is 0 Å². The lowest BCUT2D eigenvalue weighted by Crippen LogP contribution is -2.40. The first-order chi connectivity index (χ1) is 10.0. The highest BCUT2D eigenvalue weighted by Gasteiger charge is 2.34. The van der Waals surface area contributed by atoms with E-state index in [1.807, 2.05) is 26.0 Å². The van der Waals surface area contributed by atoms with Gasteiger partial charge in [-0.15, -0.1) is 0 Å². The largest absolute Gasteiger partial charge is 0.481 e. The summed E-state index contributed by atoms with van der Waals surface area (Å²) in [6.07, 6.45) is 1.22. The number of nitrogens with one attached hydrogen (secondary N) is 1. The number of halogens is 1. The average Bonchev–Trinajstić information content (AvgIpc) is 2.92. The number of carbonyl (C=O) groups is 1. The topological polar surface area (TPSA) is 67.8 Å². The molecule has 6 heteroatoms. The molecule has 0 spiro atoms. The van der Waals surface area contributed by atoms with Crippen molar-refractivity contribution in [2.24, 2.45) is 5.41 Å². The quantitative estimate of drug-likeness (QED) is 0.784. The third-order valence-corrected chi connectivity index (χ3v) is 4.68. The number of hydrogen-bond donors (Lipinski definition) is 2. The molecule has 2 N–H and O–H groups in total. The third kappa shape index (κ3) is 3.32. The molecule has 1 heterocycles. The summed E-state index contributed by atoms with van der Waals surface area (Å²) in [4.78, 5) is 11.4. The maximum Gasteiger partial charge on any atom is 0.310 e. The van der Waals surface area contributed by atoms with Crippen molar-refractivity contribution in [1.29, 1.82) is 0 Å². The molecule has 0 radical (unpaired) electrons. The summed E-state index contributed by atoms with van der Waals surface area (Å²) in [6.45, 7) is 5.09. The molecule has 1 aromatic rings. The number of ether oxygens (including phenoxy) is 2. The Morgan fingerprint density at radius 2 is 2.10 bits per heavy atom. The Kier molecular flexibility index (Phi) is 5.11. The highest BCUT2D eigenvalue weighted by molar-refractivity contribution is 9.10. The van der Waals surface area contributed by atoms with E-state index in [9.17, 15) is 9.90 Å². The molecule has 0 unspecified atom stereocenters. The third-order valence-electron chi connectivity index (χ3n) is 4.09. The Labute approximate surface area is 132 Å². The number of fused-ring (bicyclic) bond motifs is 1. The lowest BCUT2D eigenvalue weighted by atomic mass is 9.82. The summed E-state index contributed by atoms with van der Waals surface area (Å²) in [5.41, 5.74) is 0.325. The van der Waals surface area contributed by atoms with Crippen LogP contribution in [0.15, 0.2) is 16.6 Å². The van der Waals surface area contributed by atoms with E-state index in [-0.39, 0.29) is 6.79 Å². The molecular weight excluding hydrogens is 338 g/mol. The molecular formula is C15H20BrNO4. The Hall–Kier alpha value is -1.27. The molecule has 5 nitrogen and oxygen atoms in total. The molecule has 0 atom stereocenters. The van der Waals surface area contributed by atoms with Crippen molar-refractivity contribution >= 4 is 21.9 Å². The van der Waals surface area contributed by atoms with Gasteiger partial charge in [0.2, 0.25) is 6.79 Å². The first-order valence-corrected chi connectivity index (χ1v) is 7.84. The van der Waals surface area contributed by atoms with Gasteiger partial charge in [-0.25, -0.2) is 0 Å². The Morgan fingerprint density at radius 1 is 1.38 bits per heavy atom. The summed E-state index contributed by atoms with van der Waals surface area (Å²) in [7, 11) is 0. The number of aliphatic carboxylic acids is 1. The van der Waals surface area contributed by atoms with Gasteiger partial charge >= 0.3 is 5.97 Å². The lowest BCUT2D eigenvalue weighted by molar-refractivity contribution is -0.149. The summed E-state index contributed by atoms with van der Waals surface area (Å²) in [5, 5.41) is 12.7. The van der Waals surface area contributed by atoms with Crippen LogP contribution in [-0.4, -0.2) is 24.4 Å². The van der Waals surface area contributed by atoms with Crippen molar-refractivity contribution in [2.45, 2.75) is 33.2 Å². The maximum atomic E-state index is 11.4. The van der Waals surface area contributed by atoms with Gasteiger partial charge in [-0.2, -0.15) is 0 Å². The predicted molar refractivity (Wildman–Crippen MR) is 82.6 cm³/mol. The minimum absolute atomic E-state index is 0.235. The average molecular weight is 358 g/mol. The first kappa shape index (κ1) is 16.1. The summed E-state index contributed by atoms with van der Waals surface area (Å²) >= 11 is 3.45. The van der Waals surface area contributed by atoms with Gasteiger partial charge in [-0.1, -0.05) is 13.8 Å². The Bertz CT molecular complexity index is 529. The normalized spacial score (nSPS) is 13.5. The van der Waals surface area contributed by atoms with Crippen molar-refractivity contribution < 1.29 is 19.4 Å². The van der Waals surface area contributed by atoms with Crippen molar-refractivity contribution in [3.8, 4) is 11.5 Å². The fourth-order valence-corrected chi connectivity index (χ4v) is 3.05. The number of carboxylic acid groups (broad SMARTS) is 1. The fraction of sp³-hybridized carbons (Fsp3) is 0.533. The highest BCUT2D eigenvalue weighted by atomic mass is 79.9. The van der Waals surface area contributed by atoms with Gasteiger partial charge in [0.25, 0.3) is 0 Å². The number of benzene rings is 1. The molecule has 0 saturated carbocycles. The van der Waals surface area contributed by atoms with Crippen LogP contribution in [-0.2, 0) is 11.3 Å².